The van der Waals surface area contributed by atoms with Gasteiger partial charge in [0.2, 0.25) is 0 Å². The highest BCUT2D eigenvalue weighted by Gasteiger charge is 2.45. The second-order valence-corrected chi connectivity index (χ2v) is 5.12. The van der Waals surface area contributed by atoms with Gasteiger partial charge in [-0.3, -0.25) is 0 Å². The second kappa shape index (κ2) is 7.70. The average molecular weight is 242 g/mol. The maximum atomic E-state index is 11.0. The van der Waals surface area contributed by atoms with Crippen molar-refractivity contribution < 1.29 is 14.6 Å². The highest BCUT2D eigenvalue weighted by atomic mass is 16.5. The Morgan fingerprint density at radius 2 is 1.65 bits per heavy atom. The summed E-state index contributed by atoms with van der Waals surface area (Å²) in [6.45, 7) is 2.84. The lowest BCUT2D eigenvalue weighted by Crippen LogP contribution is -2.50. The smallest absolute Gasteiger partial charge is 0.336 e. The first-order valence-corrected chi connectivity index (χ1v) is 7.08. The van der Waals surface area contributed by atoms with Crippen LogP contribution in [0.5, 0.6) is 0 Å². The fourth-order valence-electron chi connectivity index (χ4n) is 2.37. The topological polar surface area (TPSA) is 46.5 Å². The van der Waals surface area contributed by atoms with Crippen LogP contribution in [0.4, 0.5) is 0 Å². The lowest BCUT2D eigenvalue weighted by molar-refractivity contribution is -0.196. The number of carboxylic acids is 1. The number of unbranched alkanes of at least 4 members (excludes halogenated alkanes) is 7. The van der Waals surface area contributed by atoms with Crippen molar-refractivity contribution in [3.05, 3.63) is 0 Å². The van der Waals surface area contributed by atoms with Crippen molar-refractivity contribution in [2.24, 2.45) is 0 Å². The molecule has 0 saturated carbocycles. The largest absolute Gasteiger partial charge is 0.479 e. The Labute approximate surface area is 105 Å². The van der Waals surface area contributed by atoms with E-state index in [0.717, 1.165) is 12.8 Å². The average Bonchev–Trinajstić information content (AvgIpc) is 2.24. The quantitative estimate of drug-likeness (QED) is 0.593. The number of ether oxygens (including phenoxy) is 1. The zero-order chi connectivity index (χ0) is 12.6. The molecule has 0 amide bonds. The summed E-state index contributed by atoms with van der Waals surface area (Å²) >= 11 is 0. The number of aliphatic carboxylic acids is 1. The van der Waals surface area contributed by atoms with E-state index in [4.69, 9.17) is 9.84 Å². The van der Waals surface area contributed by atoms with E-state index < -0.39 is 11.6 Å². The van der Waals surface area contributed by atoms with Crippen molar-refractivity contribution in [2.45, 2.75) is 76.7 Å². The van der Waals surface area contributed by atoms with Crippen LogP contribution in [0.1, 0.15) is 71.1 Å². The van der Waals surface area contributed by atoms with Gasteiger partial charge in [-0.2, -0.15) is 0 Å². The first-order chi connectivity index (χ1) is 8.21. The molecule has 17 heavy (non-hydrogen) atoms. The van der Waals surface area contributed by atoms with E-state index in [0.29, 0.717) is 19.4 Å². The molecule has 0 spiro atoms. The number of carbonyl (C=O) groups is 1. The Morgan fingerprint density at radius 3 is 2.06 bits per heavy atom. The molecule has 3 heteroatoms. The van der Waals surface area contributed by atoms with Crippen molar-refractivity contribution >= 4 is 5.97 Å². The third-order valence-electron chi connectivity index (χ3n) is 3.71. The molecule has 1 saturated heterocycles. The van der Waals surface area contributed by atoms with Gasteiger partial charge in [0.1, 0.15) is 0 Å². The van der Waals surface area contributed by atoms with E-state index in [1.807, 2.05) is 0 Å². The molecular formula is C14H26O3. The number of carboxylic acid groups (broad SMARTS) is 1. The van der Waals surface area contributed by atoms with Gasteiger partial charge in [-0.05, 0) is 12.8 Å². The van der Waals surface area contributed by atoms with Gasteiger partial charge in [0, 0.05) is 6.42 Å². The lowest BCUT2D eigenvalue weighted by Gasteiger charge is -2.37. The van der Waals surface area contributed by atoms with Gasteiger partial charge in [-0.15, -0.1) is 0 Å². The number of rotatable bonds is 10. The monoisotopic (exact) mass is 242 g/mol. The predicted molar refractivity (Wildman–Crippen MR) is 68.2 cm³/mol. The molecule has 3 nitrogen and oxygen atoms in total. The minimum Gasteiger partial charge on any atom is -0.479 e. The summed E-state index contributed by atoms with van der Waals surface area (Å²) in [6, 6.07) is 0. The summed E-state index contributed by atoms with van der Waals surface area (Å²) in [7, 11) is 0. The van der Waals surface area contributed by atoms with Gasteiger partial charge < -0.3 is 9.84 Å². The highest BCUT2D eigenvalue weighted by Crippen LogP contribution is 2.32. The Kier molecular flexibility index (Phi) is 6.56. The fourth-order valence-corrected chi connectivity index (χ4v) is 2.37. The summed E-state index contributed by atoms with van der Waals surface area (Å²) in [5.41, 5.74) is -0.817. The summed E-state index contributed by atoms with van der Waals surface area (Å²) in [5, 5.41) is 9.06. The minimum absolute atomic E-state index is 0.614. The van der Waals surface area contributed by atoms with Gasteiger partial charge in [-0.1, -0.05) is 51.9 Å². The standard InChI is InChI=1S/C14H26O3/c1-2-3-4-5-6-7-8-9-10-14(13(15)16)11-12-17-14/h2-12H2,1H3,(H,15,16). The molecular weight excluding hydrogens is 216 g/mol. The van der Waals surface area contributed by atoms with Crippen LogP contribution in [0, 0.1) is 0 Å². The van der Waals surface area contributed by atoms with Crippen molar-refractivity contribution in [1.82, 2.24) is 0 Å². The van der Waals surface area contributed by atoms with Gasteiger partial charge in [-0.25, -0.2) is 4.79 Å². The highest BCUT2D eigenvalue weighted by molar-refractivity contribution is 5.78. The zero-order valence-electron chi connectivity index (χ0n) is 11.0. The molecule has 1 aliphatic rings. The predicted octanol–water partition coefficient (Wildman–Crippen LogP) is 3.76. The van der Waals surface area contributed by atoms with Crippen LogP contribution in [-0.2, 0) is 9.53 Å². The first kappa shape index (κ1) is 14.5. The molecule has 1 atom stereocenters. The van der Waals surface area contributed by atoms with E-state index >= 15 is 0 Å². The van der Waals surface area contributed by atoms with Crippen LogP contribution < -0.4 is 0 Å². The van der Waals surface area contributed by atoms with Crippen LogP contribution in [0.3, 0.4) is 0 Å². The molecule has 1 aliphatic heterocycles. The fraction of sp³-hybridized carbons (Fsp3) is 0.929. The summed E-state index contributed by atoms with van der Waals surface area (Å²) < 4.78 is 5.24. The number of hydrogen-bond donors (Lipinski definition) is 1. The second-order valence-electron chi connectivity index (χ2n) is 5.12. The van der Waals surface area contributed by atoms with Crippen LogP contribution in [0.15, 0.2) is 0 Å². The molecule has 0 bridgehead atoms. The maximum Gasteiger partial charge on any atom is 0.336 e. The van der Waals surface area contributed by atoms with Crippen molar-refractivity contribution in [2.75, 3.05) is 6.61 Å². The molecule has 1 rings (SSSR count). The van der Waals surface area contributed by atoms with E-state index in [1.165, 1.54) is 38.5 Å². The van der Waals surface area contributed by atoms with Crippen LogP contribution in [0.2, 0.25) is 0 Å². The summed E-state index contributed by atoms with van der Waals surface area (Å²) in [6.07, 6.45) is 11.3. The Hall–Kier alpha value is -0.570. The van der Waals surface area contributed by atoms with Crippen molar-refractivity contribution in [3.8, 4) is 0 Å². The first-order valence-electron chi connectivity index (χ1n) is 7.08. The molecule has 0 aromatic rings. The molecule has 100 valence electrons. The summed E-state index contributed by atoms with van der Waals surface area (Å²) in [5.74, 6) is -0.772. The van der Waals surface area contributed by atoms with Crippen LogP contribution in [0.25, 0.3) is 0 Å². The number of hydrogen-bond acceptors (Lipinski definition) is 2. The van der Waals surface area contributed by atoms with Crippen LogP contribution >= 0.6 is 0 Å². The molecule has 1 heterocycles. The van der Waals surface area contributed by atoms with Crippen molar-refractivity contribution in [3.63, 3.8) is 0 Å². The van der Waals surface area contributed by atoms with Crippen molar-refractivity contribution in [1.29, 1.82) is 0 Å². The van der Waals surface area contributed by atoms with Gasteiger partial charge >= 0.3 is 5.97 Å². The van der Waals surface area contributed by atoms with E-state index in [1.54, 1.807) is 0 Å². The molecule has 0 radical (unpaired) electrons. The molecule has 1 fully saturated rings. The van der Waals surface area contributed by atoms with E-state index in [9.17, 15) is 4.79 Å². The molecule has 0 aromatic carbocycles. The Bertz CT molecular complexity index is 222. The van der Waals surface area contributed by atoms with Gasteiger partial charge in [0.05, 0.1) is 6.61 Å². The van der Waals surface area contributed by atoms with E-state index in [-0.39, 0.29) is 0 Å². The molecule has 0 aromatic heterocycles. The third-order valence-corrected chi connectivity index (χ3v) is 3.71. The molecule has 0 aliphatic carbocycles. The third kappa shape index (κ3) is 4.66. The Morgan fingerprint density at radius 1 is 1.12 bits per heavy atom. The molecule has 1 unspecified atom stereocenters. The zero-order valence-corrected chi connectivity index (χ0v) is 11.0. The summed E-state index contributed by atoms with van der Waals surface area (Å²) in [4.78, 5) is 11.0. The maximum absolute atomic E-state index is 11.0. The SMILES string of the molecule is CCCCCCCCCCC1(C(=O)O)CCO1. The lowest BCUT2D eigenvalue weighted by atomic mass is 9.88. The molecule has 1 N–H and O–H groups in total. The Balaban J connectivity index is 1.95. The van der Waals surface area contributed by atoms with Gasteiger partial charge in [0.25, 0.3) is 0 Å². The normalized spacial score (nSPS) is 23.4. The van der Waals surface area contributed by atoms with Gasteiger partial charge in [0.15, 0.2) is 5.60 Å². The van der Waals surface area contributed by atoms with Crippen LogP contribution in [-0.4, -0.2) is 23.3 Å². The van der Waals surface area contributed by atoms with E-state index in [2.05, 4.69) is 6.92 Å². The minimum atomic E-state index is -0.817.